The summed E-state index contributed by atoms with van der Waals surface area (Å²) in [6.45, 7) is 5.68. The van der Waals surface area contributed by atoms with Gasteiger partial charge >= 0.3 is 0 Å². The number of oxime groups is 1. The van der Waals surface area contributed by atoms with Crippen LogP contribution in [0.1, 0.15) is 27.2 Å². The molecule has 0 aliphatic heterocycles. The van der Waals surface area contributed by atoms with Gasteiger partial charge in [-0.15, -0.1) is 0 Å². The van der Waals surface area contributed by atoms with Gasteiger partial charge in [-0.05, 0) is 13.3 Å². The van der Waals surface area contributed by atoms with Crippen LogP contribution in [0.5, 0.6) is 0 Å². The van der Waals surface area contributed by atoms with Crippen molar-refractivity contribution in [2.24, 2.45) is 5.16 Å². The third-order valence-corrected chi connectivity index (χ3v) is 0.854. The fraction of sp³-hybridized carbons (Fsp3) is 0.714. The Morgan fingerprint density at radius 1 is 1.55 bits per heavy atom. The van der Waals surface area contributed by atoms with Gasteiger partial charge in [0.2, 0.25) is 5.91 Å². The van der Waals surface area contributed by atoms with Gasteiger partial charge < -0.3 is 10.2 Å². The fourth-order valence-electron chi connectivity index (χ4n) is 0.511. The van der Waals surface area contributed by atoms with Crippen LogP contribution in [0.15, 0.2) is 5.16 Å². The quantitative estimate of drug-likeness (QED) is 0.287. The van der Waals surface area contributed by atoms with E-state index in [4.69, 9.17) is 4.84 Å². The molecule has 1 N–H and O–H groups in total. The van der Waals surface area contributed by atoms with E-state index in [-0.39, 0.29) is 5.91 Å². The van der Waals surface area contributed by atoms with Crippen molar-refractivity contribution < 1.29 is 9.63 Å². The maximum absolute atomic E-state index is 10.4. The molecule has 4 heteroatoms. The lowest BCUT2D eigenvalue weighted by Crippen LogP contribution is -2.25. The third-order valence-electron chi connectivity index (χ3n) is 0.854. The minimum Gasteiger partial charge on any atom is -0.394 e. The lowest BCUT2D eigenvalue weighted by atomic mass is 10.5. The predicted octanol–water partition coefficient (Wildman–Crippen LogP) is 0.883. The summed E-state index contributed by atoms with van der Waals surface area (Å²) in [5, 5.41) is 6.13. The van der Waals surface area contributed by atoms with E-state index in [1.807, 2.05) is 6.92 Å². The number of rotatable bonds is 3. The Morgan fingerprint density at radius 3 is 2.64 bits per heavy atom. The molecule has 11 heavy (non-hydrogen) atoms. The van der Waals surface area contributed by atoms with Crippen LogP contribution < -0.4 is 5.32 Å². The van der Waals surface area contributed by atoms with Gasteiger partial charge in [-0.3, -0.25) is 4.79 Å². The Hall–Kier alpha value is -1.06. The molecule has 0 fully saturated rings. The lowest BCUT2D eigenvalue weighted by molar-refractivity contribution is -0.117. The zero-order chi connectivity index (χ0) is 8.69. The van der Waals surface area contributed by atoms with Gasteiger partial charge in [0.1, 0.15) is 12.4 Å². The van der Waals surface area contributed by atoms with Gasteiger partial charge in [0.25, 0.3) is 0 Å². The van der Waals surface area contributed by atoms with E-state index in [0.29, 0.717) is 12.4 Å². The summed E-state index contributed by atoms with van der Waals surface area (Å²) in [6.07, 6.45) is 0.914. The second-order valence-electron chi connectivity index (χ2n) is 2.19. The van der Waals surface area contributed by atoms with Gasteiger partial charge in [-0.2, -0.15) is 0 Å². The van der Waals surface area contributed by atoms with Crippen molar-refractivity contribution in [3.63, 3.8) is 0 Å². The van der Waals surface area contributed by atoms with Crippen LogP contribution in [-0.2, 0) is 9.63 Å². The van der Waals surface area contributed by atoms with Crippen LogP contribution in [-0.4, -0.2) is 18.3 Å². The Morgan fingerprint density at radius 2 is 2.18 bits per heavy atom. The molecule has 0 radical (unpaired) electrons. The molecule has 0 atom stereocenters. The van der Waals surface area contributed by atoms with E-state index in [2.05, 4.69) is 10.5 Å². The third kappa shape index (κ3) is 6.83. The van der Waals surface area contributed by atoms with Gasteiger partial charge in [0.15, 0.2) is 0 Å². The molecule has 0 aromatic rings. The number of carbonyl (C=O) groups excluding carboxylic acids is 1. The van der Waals surface area contributed by atoms with Crippen LogP contribution in [0.3, 0.4) is 0 Å². The van der Waals surface area contributed by atoms with Crippen molar-refractivity contribution in [2.75, 3.05) is 6.61 Å². The van der Waals surface area contributed by atoms with E-state index < -0.39 is 0 Å². The highest BCUT2D eigenvalue weighted by Gasteiger charge is 1.92. The first-order valence-electron chi connectivity index (χ1n) is 3.61. The highest BCUT2D eigenvalue weighted by atomic mass is 16.6. The van der Waals surface area contributed by atoms with Crippen LogP contribution in [0.25, 0.3) is 0 Å². The average molecular weight is 158 g/mol. The minimum atomic E-state index is -0.133. The smallest absolute Gasteiger partial charge is 0.222 e. The molecule has 1 amide bonds. The summed E-state index contributed by atoms with van der Waals surface area (Å²) >= 11 is 0. The molecule has 0 unspecified atom stereocenters. The Labute approximate surface area is 66.6 Å². The molecule has 0 saturated carbocycles. The maximum Gasteiger partial charge on any atom is 0.222 e. The summed E-state index contributed by atoms with van der Waals surface area (Å²) < 4.78 is 0. The standard InChI is InChI=1S/C7H14N2O2/c1-4-5-11-9-6(2)8-7(3)10/h4-5H2,1-3H3,(H,8,9,10). The molecule has 0 aliphatic rings. The molecule has 0 rings (SSSR count). The van der Waals surface area contributed by atoms with Crippen LogP contribution in [0.4, 0.5) is 0 Å². The monoisotopic (exact) mass is 158 g/mol. The summed E-state index contributed by atoms with van der Waals surface area (Å²) in [7, 11) is 0. The van der Waals surface area contributed by atoms with Crippen molar-refractivity contribution in [3.05, 3.63) is 0 Å². The summed E-state index contributed by atoms with van der Waals surface area (Å²) in [4.78, 5) is 15.3. The van der Waals surface area contributed by atoms with Crippen molar-refractivity contribution >= 4 is 11.7 Å². The zero-order valence-electron chi connectivity index (χ0n) is 7.18. The second kappa shape index (κ2) is 5.70. The molecular weight excluding hydrogens is 144 g/mol. The molecule has 0 spiro atoms. The SMILES string of the molecule is CCCO/N=C(\C)NC(C)=O. The average Bonchev–Trinajstić information content (AvgIpc) is 1.86. The number of amidine groups is 1. The number of hydrogen-bond donors (Lipinski definition) is 1. The molecule has 0 aromatic heterocycles. The molecular formula is C7H14N2O2. The van der Waals surface area contributed by atoms with E-state index >= 15 is 0 Å². The topological polar surface area (TPSA) is 50.7 Å². The van der Waals surface area contributed by atoms with E-state index in [1.54, 1.807) is 6.92 Å². The van der Waals surface area contributed by atoms with Crippen molar-refractivity contribution in [1.82, 2.24) is 5.32 Å². The predicted molar refractivity (Wildman–Crippen MR) is 43.2 cm³/mol. The number of carbonyl (C=O) groups is 1. The number of nitrogens with one attached hydrogen (secondary N) is 1. The van der Waals surface area contributed by atoms with E-state index in [0.717, 1.165) is 6.42 Å². The lowest BCUT2D eigenvalue weighted by Gasteiger charge is -1.99. The highest BCUT2D eigenvalue weighted by Crippen LogP contribution is 1.81. The Balaban J connectivity index is 3.54. The first-order valence-corrected chi connectivity index (χ1v) is 3.61. The molecule has 0 aliphatic carbocycles. The van der Waals surface area contributed by atoms with Gasteiger partial charge in [-0.1, -0.05) is 12.1 Å². The number of nitrogens with zero attached hydrogens (tertiary/aromatic N) is 1. The summed E-state index contributed by atoms with van der Waals surface area (Å²) in [6, 6.07) is 0. The van der Waals surface area contributed by atoms with Crippen molar-refractivity contribution in [2.45, 2.75) is 27.2 Å². The normalized spacial score (nSPS) is 11.0. The van der Waals surface area contributed by atoms with Crippen LogP contribution >= 0.6 is 0 Å². The zero-order valence-corrected chi connectivity index (χ0v) is 7.18. The van der Waals surface area contributed by atoms with Crippen LogP contribution in [0, 0.1) is 0 Å². The van der Waals surface area contributed by atoms with E-state index in [1.165, 1.54) is 6.92 Å². The molecule has 4 nitrogen and oxygen atoms in total. The summed E-state index contributed by atoms with van der Waals surface area (Å²) in [5.74, 6) is 0.359. The maximum atomic E-state index is 10.4. The van der Waals surface area contributed by atoms with Gasteiger partial charge in [0, 0.05) is 6.92 Å². The van der Waals surface area contributed by atoms with Crippen LogP contribution in [0.2, 0.25) is 0 Å². The van der Waals surface area contributed by atoms with Crippen molar-refractivity contribution in [3.8, 4) is 0 Å². The van der Waals surface area contributed by atoms with Gasteiger partial charge in [0.05, 0.1) is 0 Å². The largest absolute Gasteiger partial charge is 0.394 e. The van der Waals surface area contributed by atoms with E-state index in [9.17, 15) is 4.79 Å². The second-order valence-corrected chi connectivity index (χ2v) is 2.19. The number of hydrogen-bond acceptors (Lipinski definition) is 3. The molecule has 0 bridgehead atoms. The fourth-order valence-corrected chi connectivity index (χ4v) is 0.511. The first-order chi connectivity index (χ1) is 5.16. The first kappa shape index (κ1) is 9.94. The molecule has 0 saturated heterocycles. The van der Waals surface area contributed by atoms with Gasteiger partial charge in [-0.25, -0.2) is 0 Å². The Bertz CT molecular complexity index is 155. The minimum absolute atomic E-state index is 0.133. The highest BCUT2D eigenvalue weighted by molar-refractivity contribution is 5.95. The van der Waals surface area contributed by atoms with Crippen molar-refractivity contribution in [1.29, 1.82) is 0 Å². The summed E-state index contributed by atoms with van der Waals surface area (Å²) in [5.41, 5.74) is 0. The molecule has 0 heterocycles. The number of amides is 1. The Kier molecular flexibility index (Phi) is 5.15. The molecule has 64 valence electrons. The molecule has 0 aromatic carbocycles.